The fraction of sp³-hybridized carbons (Fsp3) is 0.333. The minimum absolute atomic E-state index is 0.486. The van der Waals surface area contributed by atoms with Crippen LogP contribution in [-0.2, 0) is 6.18 Å². The smallest absolute Gasteiger partial charge is 0.396 e. The second-order valence-corrected chi connectivity index (χ2v) is 3.14. The standard InChI is InChI=1S/C9H7F4N3O/c10-7-2-1-5(9(11,12)13)3-6(7)8(4-17)15-16-14/h1-3,8,17H,4H2. The Bertz CT molecular complexity index is 454. The number of hydrogen-bond acceptors (Lipinski definition) is 2. The highest BCUT2D eigenvalue weighted by molar-refractivity contribution is 5.29. The molecule has 0 fully saturated rings. The van der Waals surface area contributed by atoms with Crippen molar-refractivity contribution in [3.8, 4) is 0 Å². The molecule has 0 spiro atoms. The first kappa shape index (κ1) is 13.3. The van der Waals surface area contributed by atoms with Crippen molar-refractivity contribution in [2.24, 2.45) is 5.11 Å². The van der Waals surface area contributed by atoms with Gasteiger partial charge in [0.1, 0.15) is 5.82 Å². The Hall–Kier alpha value is -1.79. The molecule has 1 N–H and O–H groups in total. The fourth-order valence-electron chi connectivity index (χ4n) is 1.23. The lowest BCUT2D eigenvalue weighted by Gasteiger charge is -2.13. The van der Waals surface area contributed by atoms with Crippen molar-refractivity contribution >= 4 is 0 Å². The largest absolute Gasteiger partial charge is 0.416 e. The van der Waals surface area contributed by atoms with Crippen molar-refractivity contribution in [1.82, 2.24) is 0 Å². The van der Waals surface area contributed by atoms with Gasteiger partial charge in [-0.1, -0.05) is 5.11 Å². The predicted octanol–water partition coefficient (Wildman–Crippen LogP) is 3.19. The number of nitrogens with zero attached hydrogens (tertiary/aromatic N) is 3. The summed E-state index contributed by atoms with van der Waals surface area (Å²) in [7, 11) is 0. The minimum atomic E-state index is -4.63. The number of benzene rings is 1. The molecule has 0 saturated heterocycles. The summed E-state index contributed by atoms with van der Waals surface area (Å²) in [5.41, 5.74) is 6.60. The number of hydrogen-bond donors (Lipinski definition) is 1. The first-order chi connectivity index (χ1) is 7.90. The average Bonchev–Trinajstić information content (AvgIpc) is 2.25. The third kappa shape index (κ3) is 3.08. The second kappa shape index (κ2) is 5.03. The SMILES string of the molecule is [N-]=[N+]=NC(CO)c1cc(C(F)(F)F)ccc1F. The Morgan fingerprint density at radius 1 is 1.41 bits per heavy atom. The molecule has 0 amide bonds. The molecule has 0 aliphatic rings. The molecule has 0 aliphatic heterocycles. The predicted molar refractivity (Wildman–Crippen MR) is 50.4 cm³/mol. The molecule has 0 bridgehead atoms. The summed E-state index contributed by atoms with van der Waals surface area (Å²) in [5.74, 6) is -0.968. The molecule has 4 nitrogen and oxygen atoms in total. The molecule has 1 rings (SSSR count). The van der Waals surface area contributed by atoms with Gasteiger partial charge in [0.15, 0.2) is 0 Å². The van der Waals surface area contributed by atoms with E-state index >= 15 is 0 Å². The van der Waals surface area contributed by atoms with E-state index in [1.807, 2.05) is 0 Å². The molecule has 17 heavy (non-hydrogen) atoms. The van der Waals surface area contributed by atoms with Crippen LogP contribution in [0.4, 0.5) is 17.6 Å². The summed E-state index contributed by atoms with van der Waals surface area (Å²) < 4.78 is 50.3. The highest BCUT2D eigenvalue weighted by Gasteiger charge is 2.31. The molecule has 0 aliphatic carbocycles. The Morgan fingerprint density at radius 3 is 2.53 bits per heavy atom. The lowest BCUT2D eigenvalue weighted by atomic mass is 10.0. The van der Waals surface area contributed by atoms with Gasteiger partial charge in [0.2, 0.25) is 0 Å². The maximum atomic E-state index is 13.3. The summed E-state index contributed by atoms with van der Waals surface area (Å²) in [5, 5.41) is 11.8. The lowest BCUT2D eigenvalue weighted by Crippen LogP contribution is -2.09. The van der Waals surface area contributed by atoms with Gasteiger partial charge < -0.3 is 5.11 Å². The number of halogens is 4. The van der Waals surface area contributed by atoms with E-state index in [2.05, 4.69) is 10.0 Å². The van der Waals surface area contributed by atoms with Gasteiger partial charge in [0.05, 0.1) is 18.2 Å². The lowest BCUT2D eigenvalue weighted by molar-refractivity contribution is -0.137. The van der Waals surface area contributed by atoms with Gasteiger partial charge in [-0.3, -0.25) is 0 Å². The van der Waals surface area contributed by atoms with Gasteiger partial charge >= 0.3 is 6.18 Å². The molecule has 1 atom stereocenters. The Balaban J connectivity index is 3.27. The highest BCUT2D eigenvalue weighted by Crippen LogP contribution is 2.32. The van der Waals surface area contributed by atoms with Gasteiger partial charge in [0, 0.05) is 4.91 Å². The molecule has 0 heterocycles. The first-order valence-electron chi connectivity index (χ1n) is 4.42. The van der Waals surface area contributed by atoms with Crippen molar-refractivity contribution < 1.29 is 22.7 Å². The quantitative estimate of drug-likeness (QED) is 0.380. The van der Waals surface area contributed by atoms with E-state index in [4.69, 9.17) is 10.6 Å². The minimum Gasteiger partial charge on any atom is -0.396 e. The Morgan fingerprint density at radius 2 is 2.06 bits per heavy atom. The Kier molecular flexibility index (Phi) is 3.93. The summed E-state index contributed by atoms with van der Waals surface area (Å²) in [6.45, 7) is -0.776. The van der Waals surface area contributed by atoms with Crippen LogP contribution in [-0.4, -0.2) is 11.7 Å². The van der Waals surface area contributed by atoms with Gasteiger partial charge in [-0.25, -0.2) is 4.39 Å². The van der Waals surface area contributed by atoms with E-state index in [0.717, 1.165) is 0 Å². The van der Waals surface area contributed by atoms with Crippen LogP contribution in [0.2, 0.25) is 0 Å². The number of aliphatic hydroxyl groups excluding tert-OH is 1. The third-order valence-electron chi connectivity index (χ3n) is 2.05. The van der Waals surface area contributed by atoms with E-state index in [1.165, 1.54) is 0 Å². The van der Waals surface area contributed by atoms with Crippen molar-refractivity contribution in [3.05, 3.63) is 45.6 Å². The van der Waals surface area contributed by atoms with Crippen LogP contribution in [0.3, 0.4) is 0 Å². The summed E-state index contributed by atoms with van der Waals surface area (Å²) in [6.07, 6.45) is -4.63. The number of azide groups is 1. The van der Waals surface area contributed by atoms with Crippen LogP contribution >= 0.6 is 0 Å². The zero-order chi connectivity index (χ0) is 13.1. The topological polar surface area (TPSA) is 69.0 Å². The van der Waals surface area contributed by atoms with Crippen LogP contribution in [0.15, 0.2) is 23.3 Å². The summed E-state index contributed by atoms with van der Waals surface area (Å²) in [4.78, 5) is 2.33. The molecule has 92 valence electrons. The normalized spacial score (nSPS) is 13.0. The van der Waals surface area contributed by atoms with Crippen LogP contribution in [0.5, 0.6) is 0 Å². The van der Waals surface area contributed by atoms with Crippen molar-refractivity contribution in [3.63, 3.8) is 0 Å². The molecule has 0 aromatic heterocycles. The van der Waals surface area contributed by atoms with Crippen LogP contribution in [0.1, 0.15) is 17.2 Å². The summed E-state index contributed by atoms with van der Waals surface area (Å²) >= 11 is 0. The zero-order valence-corrected chi connectivity index (χ0v) is 8.32. The van der Waals surface area contributed by atoms with Crippen molar-refractivity contribution in [1.29, 1.82) is 0 Å². The Labute approximate surface area is 93.1 Å². The number of rotatable bonds is 3. The molecular formula is C9H7F4N3O. The monoisotopic (exact) mass is 249 g/mol. The molecular weight excluding hydrogens is 242 g/mol. The zero-order valence-electron chi connectivity index (χ0n) is 8.32. The maximum Gasteiger partial charge on any atom is 0.416 e. The molecule has 1 unspecified atom stereocenters. The molecule has 1 aromatic rings. The van der Waals surface area contributed by atoms with Gasteiger partial charge in [-0.05, 0) is 29.3 Å². The molecule has 1 aromatic carbocycles. The van der Waals surface area contributed by atoms with E-state index in [1.54, 1.807) is 0 Å². The van der Waals surface area contributed by atoms with Gasteiger partial charge in [0.25, 0.3) is 0 Å². The number of aliphatic hydroxyl groups is 1. The molecule has 8 heteroatoms. The van der Waals surface area contributed by atoms with Gasteiger partial charge in [-0.2, -0.15) is 13.2 Å². The fourth-order valence-corrected chi connectivity index (χ4v) is 1.23. The van der Waals surface area contributed by atoms with Crippen LogP contribution in [0, 0.1) is 5.82 Å². The van der Waals surface area contributed by atoms with Crippen molar-refractivity contribution in [2.75, 3.05) is 6.61 Å². The van der Waals surface area contributed by atoms with Crippen molar-refractivity contribution in [2.45, 2.75) is 12.2 Å². The van der Waals surface area contributed by atoms with Crippen LogP contribution in [0.25, 0.3) is 10.4 Å². The third-order valence-corrected chi connectivity index (χ3v) is 2.05. The highest BCUT2D eigenvalue weighted by atomic mass is 19.4. The number of alkyl halides is 3. The van der Waals surface area contributed by atoms with Gasteiger partial charge in [-0.15, -0.1) is 0 Å². The maximum absolute atomic E-state index is 13.3. The van der Waals surface area contributed by atoms with E-state index in [9.17, 15) is 17.6 Å². The van der Waals surface area contributed by atoms with E-state index in [0.29, 0.717) is 18.2 Å². The van der Waals surface area contributed by atoms with E-state index < -0.39 is 35.8 Å². The first-order valence-corrected chi connectivity index (χ1v) is 4.42. The molecule has 0 radical (unpaired) electrons. The van der Waals surface area contributed by atoms with E-state index in [-0.39, 0.29) is 0 Å². The average molecular weight is 249 g/mol. The summed E-state index contributed by atoms with van der Waals surface area (Å²) in [6, 6.07) is 0.337. The van der Waals surface area contributed by atoms with Crippen LogP contribution < -0.4 is 0 Å². The second-order valence-electron chi connectivity index (χ2n) is 3.14. The molecule has 0 saturated carbocycles.